The second-order valence-electron chi connectivity index (χ2n) is 11.0. The van der Waals surface area contributed by atoms with Crippen molar-refractivity contribution in [3.8, 4) is 0 Å². The zero-order valence-corrected chi connectivity index (χ0v) is 23.1. The van der Waals surface area contributed by atoms with E-state index in [1.165, 1.54) is 37.9 Å². The van der Waals surface area contributed by atoms with Crippen LogP contribution in [0.15, 0.2) is 36.4 Å². The highest BCUT2D eigenvalue weighted by molar-refractivity contribution is 5.80. The van der Waals surface area contributed by atoms with Crippen LogP contribution in [0.2, 0.25) is 0 Å². The van der Waals surface area contributed by atoms with Crippen LogP contribution in [0.3, 0.4) is 0 Å². The number of rotatable bonds is 5. The molecule has 0 radical (unpaired) electrons. The third-order valence-corrected chi connectivity index (χ3v) is 8.44. The van der Waals surface area contributed by atoms with Gasteiger partial charge in [0.2, 0.25) is 11.8 Å². The molecule has 2 heterocycles. The van der Waals surface area contributed by atoms with Gasteiger partial charge in [0.05, 0.1) is 17.2 Å². The summed E-state index contributed by atoms with van der Waals surface area (Å²) < 4.78 is 94.7. The molecule has 2 fully saturated rings. The minimum atomic E-state index is -5.00. The van der Waals surface area contributed by atoms with E-state index in [1.54, 1.807) is 17.9 Å². The average molecular weight is 588 g/mol. The number of hydrogen-bond acceptors (Lipinski definition) is 3. The molecule has 12 heteroatoms. The molecule has 2 aromatic rings. The smallest absolute Gasteiger partial charge is 0.340 e. The SMILES string of the molecule is CC(=O)N1CC(N2CC[C@H](C(=O)N(C)[C@@H](C)c3cc(C(F)(F)F)cc(C(F)(F)F)c3)[C@@H](c3ccc(F)cc3C)C2)C1. The van der Waals surface area contributed by atoms with Gasteiger partial charge in [-0.1, -0.05) is 6.07 Å². The summed E-state index contributed by atoms with van der Waals surface area (Å²) in [4.78, 5) is 30.6. The Bertz CT molecular complexity index is 1270. The summed E-state index contributed by atoms with van der Waals surface area (Å²) in [5.74, 6) is -1.93. The summed E-state index contributed by atoms with van der Waals surface area (Å²) >= 11 is 0. The molecule has 2 amide bonds. The predicted molar refractivity (Wildman–Crippen MR) is 137 cm³/mol. The summed E-state index contributed by atoms with van der Waals surface area (Å²) in [5, 5.41) is 0. The number of alkyl halides is 6. The van der Waals surface area contributed by atoms with Gasteiger partial charge in [0.25, 0.3) is 0 Å². The Kier molecular flexibility index (Phi) is 8.46. The number of aryl methyl sites for hydroxylation is 1. The molecule has 0 saturated carbocycles. The summed E-state index contributed by atoms with van der Waals surface area (Å²) in [6, 6.07) is 4.65. The van der Waals surface area contributed by atoms with Gasteiger partial charge in [-0.3, -0.25) is 14.5 Å². The third kappa shape index (κ3) is 6.52. The number of piperidine rings is 1. The maximum atomic E-state index is 13.9. The van der Waals surface area contributed by atoms with E-state index in [0.717, 1.165) is 5.56 Å². The molecule has 0 bridgehead atoms. The maximum Gasteiger partial charge on any atom is 0.416 e. The van der Waals surface area contributed by atoms with Gasteiger partial charge in [-0.15, -0.1) is 0 Å². The zero-order valence-electron chi connectivity index (χ0n) is 23.1. The standard InChI is InChI=1S/C29H32F7N3O2/c1-16-9-22(30)5-6-24(16)26-15-38(23-13-39(14-23)18(3)40)8-7-25(26)27(41)37(4)17(2)19-10-20(28(31,32)33)12-21(11-19)29(34,35)36/h5-6,9-12,17,23,25-26H,7-8,13-15H2,1-4H3/t17-,25-,26+/m0/s1. The van der Waals surface area contributed by atoms with Crippen LogP contribution < -0.4 is 0 Å². The lowest BCUT2D eigenvalue weighted by molar-refractivity contribution is -0.143. The summed E-state index contributed by atoms with van der Waals surface area (Å²) in [6.45, 7) is 6.68. The Balaban J connectivity index is 1.63. The molecule has 0 N–H and O–H groups in total. The van der Waals surface area contributed by atoms with E-state index in [9.17, 15) is 40.3 Å². The molecule has 2 aromatic carbocycles. The lowest BCUT2D eigenvalue weighted by Crippen LogP contribution is -2.63. The Labute approximate surface area is 233 Å². The highest BCUT2D eigenvalue weighted by Gasteiger charge is 2.43. The van der Waals surface area contributed by atoms with Crippen molar-refractivity contribution < 1.29 is 40.3 Å². The molecule has 2 aliphatic heterocycles. The molecular formula is C29H32F7N3O2. The largest absolute Gasteiger partial charge is 0.416 e. The van der Waals surface area contributed by atoms with Gasteiger partial charge in [-0.2, -0.15) is 26.3 Å². The Hall–Kier alpha value is -3.15. The van der Waals surface area contributed by atoms with Crippen molar-refractivity contribution in [2.45, 2.75) is 57.5 Å². The van der Waals surface area contributed by atoms with E-state index in [0.29, 0.717) is 50.3 Å². The molecule has 41 heavy (non-hydrogen) atoms. The van der Waals surface area contributed by atoms with Crippen LogP contribution in [-0.4, -0.2) is 65.8 Å². The maximum absolute atomic E-state index is 13.9. The first-order chi connectivity index (χ1) is 19.0. The lowest BCUT2D eigenvalue weighted by atomic mass is 9.77. The Morgan fingerprint density at radius 3 is 2.05 bits per heavy atom. The van der Waals surface area contributed by atoms with E-state index in [4.69, 9.17) is 0 Å². The number of hydrogen-bond donors (Lipinski definition) is 0. The number of benzene rings is 2. The van der Waals surface area contributed by atoms with Crippen LogP contribution in [0.4, 0.5) is 30.7 Å². The first kappa shape index (κ1) is 30.8. The van der Waals surface area contributed by atoms with Crippen molar-refractivity contribution in [3.05, 3.63) is 70.0 Å². The van der Waals surface area contributed by atoms with Crippen molar-refractivity contribution >= 4 is 11.8 Å². The van der Waals surface area contributed by atoms with Crippen molar-refractivity contribution in [1.29, 1.82) is 0 Å². The molecule has 3 atom stereocenters. The minimum Gasteiger partial charge on any atom is -0.340 e. The summed E-state index contributed by atoms with van der Waals surface area (Å²) in [6.07, 6.45) is -9.63. The summed E-state index contributed by atoms with van der Waals surface area (Å²) in [7, 11) is 1.37. The molecule has 0 aromatic heterocycles. The van der Waals surface area contributed by atoms with E-state index in [1.807, 2.05) is 0 Å². The lowest BCUT2D eigenvalue weighted by Gasteiger charge is -2.49. The van der Waals surface area contributed by atoms with Gasteiger partial charge in [0, 0.05) is 51.5 Å². The highest BCUT2D eigenvalue weighted by atomic mass is 19.4. The van der Waals surface area contributed by atoms with Crippen LogP contribution in [-0.2, 0) is 21.9 Å². The number of carbonyl (C=O) groups is 2. The number of halogens is 7. The highest BCUT2D eigenvalue weighted by Crippen LogP contribution is 2.41. The molecule has 224 valence electrons. The predicted octanol–water partition coefficient (Wildman–Crippen LogP) is 6.03. The van der Waals surface area contributed by atoms with Crippen LogP contribution in [0.5, 0.6) is 0 Å². The van der Waals surface area contributed by atoms with Gasteiger partial charge in [-0.25, -0.2) is 4.39 Å². The van der Waals surface area contributed by atoms with Crippen molar-refractivity contribution in [2.75, 3.05) is 33.2 Å². The van der Waals surface area contributed by atoms with Crippen LogP contribution >= 0.6 is 0 Å². The Morgan fingerprint density at radius 2 is 1.54 bits per heavy atom. The molecule has 0 aliphatic carbocycles. The topological polar surface area (TPSA) is 43.9 Å². The zero-order chi connectivity index (χ0) is 30.4. The number of nitrogens with zero attached hydrogens (tertiary/aromatic N) is 3. The molecule has 0 unspecified atom stereocenters. The van der Waals surface area contributed by atoms with Gasteiger partial charge in [-0.05, 0) is 73.8 Å². The van der Waals surface area contributed by atoms with Gasteiger partial charge in [0.15, 0.2) is 0 Å². The average Bonchev–Trinajstić information content (AvgIpc) is 2.85. The van der Waals surface area contributed by atoms with Crippen molar-refractivity contribution in [1.82, 2.24) is 14.7 Å². The van der Waals surface area contributed by atoms with E-state index >= 15 is 0 Å². The first-order valence-electron chi connectivity index (χ1n) is 13.3. The molecule has 0 spiro atoms. The van der Waals surface area contributed by atoms with Crippen LogP contribution in [0.1, 0.15) is 60.0 Å². The summed E-state index contributed by atoms with van der Waals surface area (Å²) in [5.41, 5.74) is -1.78. The van der Waals surface area contributed by atoms with Gasteiger partial charge < -0.3 is 9.80 Å². The third-order valence-electron chi connectivity index (χ3n) is 8.44. The van der Waals surface area contributed by atoms with Gasteiger partial charge in [0.1, 0.15) is 5.82 Å². The fourth-order valence-corrected chi connectivity index (χ4v) is 5.81. The fourth-order valence-electron chi connectivity index (χ4n) is 5.81. The minimum absolute atomic E-state index is 0.0314. The normalized spacial score (nSPS) is 21.4. The van der Waals surface area contributed by atoms with Crippen molar-refractivity contribution in [3.63, 3.8) is 0 Å². The number of carbonyl (C=O) groups excluding carboxylic acids is 2. The Morgan fingerprint density at radius 1 is 0.951 bits per heavy atom. The van der Waals surface area contributed by atoms with Crippen LogP contribution in [0, 0.1) is 18.7 Å². The van der Waals surface area contributed by atoms with Gasteiger partial charge >= 0.3 is 12.4 Å². The second-order valence-corrected chi connectivity index (χ2v) is 11.0. The number of amides is 2. The van der Waals surface area contributed by atoms with E-state index in [-0.39, 0.29) is 23.6 Å². The molecular weight excluding hydrogens is 555 g/mol. The monoisotopic (exact) mass is 587 g/mol. The second kappa shape index (κ2) is 11.3. The van der Waals surface area contributed by atoms with E-state index < -0.39 is 53.1 Å². The molecule has 2 aliphatic rings. The molecule has 2 saturated heterocycles. The quantitative estimate of drug-likeness (QED) is 0.402. The van der Waals surface area contributed by atoms with Crippen molar-refractivity contribution in [2.24, 2.45) is 5.92 Å². The van der Waals surface area contributed by atoms with Crippen LogP contribution in [0.25, 0.3) is 0 Å². The number of likely N-dealkylation sites (tertiary alicyclic amines) is 2. The molecule has 4 rings (SSSR count). The first-order valence-corrected chi connectivity index (χ1v) is 13.3. The molecule has 5 nitrogen and oxygen atoms in total. The fraction of sp³-hybridized carbons (Fsp3) is 0.517. The van der Waals surface area contributed by atoms with E-state index in [2.05, 4.69) is 4.90 Å².